The minimum atomic E-state index is 0.835. The number of rotatable bonds is 1. The van der Waals surface area contributed by atoms with E-state index in [1.54, 1.807) is 12.4 Å². The summed E-state index contributed by atoms with van der Waals surface area (Å²) in [6.45, 7) is 0. The largest absolute Gasteiger partial charge is 0.278 e. The molecule has 0 aliphatic heterocycles. The molecule has 2 N–H and O–H groups in total. The summed E-state index contributed by atoms with van der Waals surface area (Å²) in [6, 6.07) is 6.00. The predicted molar refractivity (Wildman–Crippen MR) is 51.5 cm³/mol. The van der Waals surface area contributed by atoms with Crippen molar-refractivity contribution in [2.45, 2.75) is 0 Å². The molecule has 1 aromatic carbocycles. The number of aromatic nitrogens is 5. The molecule has 0 saturated carbocycles. The van der Waals surface area contributed by atoms with Crippen LogP contribution in [0.3, 0.4) is 0 Å². The minimum absolute atomic E-state index is 0.835. The van der Waals surface area contributed by atoms with Crippen LogP contribution in [0.2, 0.25) is 0 Å². The quantitative estimate of drug-likeness (QED) is 0.601. The van der Waals surface area contributed by atoms with E-state index in [1.165, 1.54) is 0 Å². The van der Waals surface area contributed by atoms with E-state index < -0.39 is 0 Å². The molecule has 68 valence electrons. The van der Waals surface area contributed by atoms with Crippen LogP contribution in [-0.4, -0.2) is 25.6 Å². The zero-order valence-corrected chi connectivity index (χ0v) is 7.23. The number of hydrogen-bond donors (Lipinski definition) is 2. The Morgan fingerprint density at radius 2 is 2.07 bits per heavy atom. The first-order valence-electron chi connectivity index (χ1n) is 4.23. The molecule has 0 saturated heterocycles. The molecule has 14 heavy (non-hydrogen) atoms. The number of nitrogens with zero attached hydrogens (tertiary/aromatic N) is 3. The van der Waals surface area contributed by atoms with Gasteiger partial charge in [0.2, 0.25) is 0 Å². The van der Waals surface area contributed by atoms with Crippen molar-refractivity contribution in [2.24, 2.45) is 0 Å². The van der Waals surface area contributed by atoms with Crippen molar-refractivity contribution in [3.05, 3.63) is 30.6 Å². The molecule has 0 fully saturated rings. The van der Waals surface area contributed by atoms with Crippen molar-refractivity contribution in [3.8, 4) is 11.3 Å². The Hall–Kier alpha value is -2.17. The highest BCUT2D eigenvalue weighted by Crippen LogP contribution is 2.20. The summed E-state index contributed by atoms with van der Waals surface area (Å²) < 4.78 is 0. The number of H-pyrrole nitrogens is 2. The lowest BCUT2D eigenvalue weighted by atomic mass is 10.1. The molecule has 0 atom stereocenters. The molecule has 0 aliphatic carbocycles. The van der Waals surface area contributed by atoms with E-state index >= 15 is 0 Å². The average molecular weight is 185 g/mol. The first-order valence-corrected chi connectivity index (χ1v) is 4.23. The van der Waals surface area contributed by atoms with Gasteiger partial charge in [-0.1, -0.05) is 12.1 Å². The van der Waals surface area contributed by atoms with Gasteiger partial charge >= 0.3 is 0 Å². The second-order valence-corrected chi connectivity index (χ2v) is 3.03. The van der Waals surface area contributed by atoms with Gasteiger partial charge in [0.25, 0.3) is 0 Å². The Kier molecular flexibility index (Phi) is 1.38. The number of fused-ring (bicyclic) bond motifs is 1. The molecule has 0 spiro atoms. The van der Waals surface area contributed by atoms with Crippen molar-refractivity contribution in [2.75, 3.05) is 0 Å². The Morgan fingerprint density at radius 1 is 1.07 bits per heavy atom. The normalized spacial score (nSPS) is 10.9. The van der Waals surface area contributed by atoms with Gasteiger partial charge in [-0.3, -0.25) is 5.10 Å². The maximum atomic E-state index is 4.01. The number of benzene rings is 1. The fourth-order valence-corrected chi connectivity index (χ4v) is 1.44. The summed E-state index contributed by atoms with van der Waals surface area (Å²) in [5.41, 5.74) is 2.86. The van der Waals surface area contributed by atoms with Crippen LogP contribution in [0, 0.1) is 0 Å². The van der Waals surface area contributed by atoms with Crippen LogP contribution in [0.25, 0.3) is 22.2 Å². The number of nitrogens with one attached hydrogen (secondary N) is 2. The van der Waals surface area contributed by atoms with Gasteiger partial charge in [-0.15, -0.1) is 0 Å². The van der Waals surface area contributed by atoms with E-state index in [-0.39, 0.29) is 0 Å². The van der Waals surface area contributed by atoms with Gasteiger partial charge in [-0.25, -0.2) is 0 Å². The van der Waals surface area contributed by atoms with E-state index in [9.17, 15) is 0 Å². The maximum Gasteiger partial charge on any atom is 0.112 e. The first kappa shape index (κ1) is 7.25. The smallest absolute Gasteiger partial charge is 0.112 e. The summed E-state index contributed by atoms with van der Waals surface area (Å²) in [4.78, 5) is 0. The second kappa shape index (κ2) is 2.66. The molecule has 3 rings (SSSR count). The van der Waals surface area contributed by atoms with Crippen LogP contribution in [0.5, 0.6) is 0 Å². The van der Waals surface area contributed by atoms with Crippen LogP contribution in [0.15, 0.2) is 30.6 Å². The first-order chi connectivity index (χ1) is 6.93. The Labute approximate surface area is 79.2 Å². The lowest BCUT2D eigenvalue weighted by Crippen LogP contribution is -1.78. The second-order valence-electron chi connectivity index (χ2n) is 3.03. The van der Waals surface area contributed by atoms with Gasteiger partial charge in [0, 0.05) is 10.9 Å². The van der Waals surface area contributed by atoms with Crippen molar-refractivity contribution in [3.63, 3.8) is 0 Å². The predicted octanol–water partition coefficient (Wildman–Crippen LogP) is 1.35. The van der Waals surface area contributed by atoms with Gasteiger partial charge in [0.1, 0.15) is 5.69 Å². The van der Waals surface area contributed by atoms with E-state index in [1.807, 2.05) is 18.2 Å². The highest BCUT2D eigenvalue weighted by atomic mass is 15.3. The summed E-state index contributed by atoms with van der Waals surface area (Å²) in [5.74, 6) is 0. The summed E-state index contributed by atoms with van der Waals surface area (Å²) >= 11 is 0. The van der Waals surface area contributed by atoms with E-state index in [0.29, 0.717) is 0 Å². The molecule has 0 radical (unpaired) electrons. The topological polar surface area (TPSA) is 70.2 Å². The average Bonchev–Trinajstić information content (AvgIpc) is 2.88. The zero-order valence-electron chi connectivity index (χ0n) is 7.23. The van der Waals surface area contributed by atoms with Crippen LogP contribution < -0.4 is 0 Å². The van der Waals surface area contributed by atoms with Gasteiger partial charge in [-0.2, -0.15) is 20.5 Å². The standard InChI is InChI=1S/C9H7N5/c1-2-7-4-10-12-8(7)3-6(1)9-5-11-14-13-9/h1-5H,(H,10,12)(H,11,13,14). The van der Waals surface area contributed by atoms with Crippen molar-refractivity contribution >= 4 is 10.9 Å². The maximum absolute atomic E-state index is 4.01. The van der Waals surface area contributed by atoms with E-state index in [0.717, 1.165) is 22.2 Å². The van der Waals surface area contributed by atoms with Gasteiger partial charge in [0.05, 0.1) is 17.9 Å². The Morgan fingerprint density at radius 3 is 2.93 bits per heavy atom. The minimum Gasteiger partial charge on any atom is -0.278 e. The molecule has 0 unspecified atom stereocenters. The number of hydrogen-bond acceptors (Lipinski definition) is 3. The molecule has 0 amide bonds. The van der Waals surface area contributed by atoms with Crippen LogP contribution in [-0.2, 0) is 0 Å². The third kappa shape index (κ3) is 0.990. The lowest BCUT2D eigenvalue weighted by molar-refractivity contribution is 0.942. The highest BCUT2D eigenvalue weighted by molar-refractivity contribution is 5.82. The fraction of sp³-hybridized carbons (Fsp3) is 0. The van der Waals surface area contributed by atoms with Gasteiger partial charge in [-0.05, 0) is 6.07 Å². The lowest BCUT2D eigenvalue weighted by Gasteiger charge is -1.94. The monoisotopic (exact) mass is 185 g/mol. The summed E-state index contributed by atoms with van der Waals surface area (Å²) in [6.07, 6.45) is 3.49. The summed E-state index contributed by atoms with van der Waals surface area (Å²) in [7, 11) is 0. The van der Waals surface area contributed by atoms with E-state index in [2.05, 4.69) is 25.6 Å². The zero-order chi connectivity index (χ0) is 9.38. The Balaban J connectivity index is 2.23. The van der Waals surface area contributed by atoms with Gasteiger partial charge < -0.3 is 0 Å². The SMILES string of the molecule is c1cc2cn[nH]c2cc1-c1cn[nH]n1. The van der Waals surface area contributed by atoms with Crippen LogP contribution >= 0.6 is 0 Å². The van der Waals surface area contributed by atoms with Crippen LogP contribution in [0.1, 0.15) is 0 Å². The summed E-state index contributed by atoms with van der Waals surface area (Å²) in [5, 5.41) is 18.3. The third-order valence-corrected chi connectivity index (χ3v) is 2.15. The third-order valence-electron chi connectivity index (χ3n) is 2.15. The molecular formula is C9H7N5. The molecule has 0 bridgehead atoms. The molecule has 5 heteroatoms. The number of aromatic amines is 2. The molecule has 5 nitrogen and oxygen atoms in total. The fourth-order valence-electron chi connectivity index (χ4n) is 1.44. The van der Waals surface area contributed by atoms with Crippen molar-refractivity contribution < 1.29 is 0 Å². The Bertz CT molecular complexity index is 551. The van der Waals surface area contributed by atoms with Crippen molar-refractivity contribution in [1.29, 1.82) is 0 Å². The molecule has 2 heterocycles. The van der Waals surface area contributed by atoms with Crippen molar-refractivity contribution in [1.82, 2.24) is 25.6 Å². The van der Waals surface area contributed by atoms with Gasteiger partial charge in [0.15, 0.2) is 0 Å². The molecule has 0 aliphatic rings. The molecular weight excluding hydrogens is 178 g/mol. The van der Waals surface area contributed by atoms with E-state index in [4.69, 9.17) is 0 Å². The van der Waals surface area contributed by atoms with Crippen LogP contribution in [0.4, 0.5) is 0 Å². The highest BCUT2D eigenvalue weighted by Gasteiger charge is 2.02. The molecule has 2 aromatic heterocycles. The molecule has 3 aromatic rings.